The number of carboxylic acid groups (broad SMARTS) is 1. The van der Waals surface area contributed by atoms with Crippen LogP contribution in [0.4, 0.5) is 0 Å². The van der Waals surface area contributed by atoms with Crippen LogP contribution in [-0.2, 0) is 9.53 Å². The number of benzene rings is 2. The summed E-state index contributed by atoms with van der Waals surface area (Å²) in [5.74, 6) is -0.852. The minimum atomic E-state index is -1.06. The maximum absolute atomic E-state index is 13.6. The smallest absolute Gasteiger partial charge is 0.338 e. The van der Waals surface area contributed by atoms with Crippen LogP contribution in [0, 0.1) is 0 Å². The molecule has 1 atom stereocenters. The number of aromatic nitrogens is 1. The molecular formula is C27H20N2O6S. The summed E-state index contributed by atoms with van der Waals surface area (Å²) in [5.41, 5.74) is 1.76. The van der Waals surface area contributed by atoms with Crippen LogP contribution in [0.15, 0.2) is 92.2 Å². The molecule has 1 aliphatic heterocycles. The number of thiazole rings is 1. The highest BCUT2D eigenvalue weighted by atomic mass is 32.1. The summed E-state index contributed by atoms with van der Waals surface area (Å²) in [7, 11) is 1.30. The van der Waals surface area contributed by atoms with E-state index in [0.717, 1.165) is 5.56 Å². The van der Waals surface area contributed by atoms with Gasteiger partial charge in [0.05, 0.1) is 34.5 Å². The molecular weight excluding hydrogens is 480 g/mol. The van der Waals surface area contributed by atoms with Gasteiger partial charge in [-0.3, -0.25) is 9.36 Å². The molecule has 0 bridgehead atoms. The Labute approximate surface area is 208 Å². The molecule has 0 amide bonds. The number of methoxy groups -OCH3 is 1. The summed E-state index contributed by atoms with van der Waals surface area (Å²) in [5, 5.41) is 9.48. The van der Waals surface area contributed by atoms with Crippen LogP contribution in [0.25, 0.3) is 17.4 Å². The summed E-state index contributed by atoms with van der Waals surface area (Å²) < 4.78 is 12.7. The third kappa shape index (κ3) is 3.99. The molecule has 0 radical (unpaired) electrons. The fourth-order valence-electron chi connectivity index (χ4n) is 4.23. The fraction of sp³-hybridized carbons (Fsp3) is 0.111. The molecule has 4 aromatic rings. The lowest BCUT2D eigenvalue weighted by Gasteiger charge is -2.24. The van der Waals surface area contributed by atoms with Gasteiger partial charge < -0.3 is 14.3 Å². The van der Waals surface area contributed by atoms with Gasteiger partial charge in [-0.1, -0.05) is 59.9 Å². The number of ether oxygens (including phenoxy) is 1. The topological polar surface area (TPSA) is 111 Å². The lowest BCUT2D eigenvalue weighted by atomic mass is 9.96. The highest BCUT2D eigenvalue weighted by Crippen LogP contribution is 2.30. The number of esters is 1. The molecule has 0 unspecified atom stereocenters. The van der Waals surface area contributed by atoms with Crippen molar-refractivity contribution in [3.05, 3.63) is 115 Å². The van der Waals surface area contributed by atoms with Gasteiger partial charge in [-0.15, -0.1) is 0 Å². The zero-order chi connectivity index (χ0) is 25.4. The quantitative estimate of drug-likeness (QED) is 0.421. The van der Waals surface area contributed by atoms with E-state index in [9.17, 15) is 19.5 Å². The third-order valence-electron chi connectivity index (χ3n) is 5.87. The summed E-state index contributed by atoms with van der Waals surface area (Å²) in [6.07, 6.45) is 1.59. The number of carbonyl (C=O) groups excluding carboxylic acids is 1. The van der Waals surface area contributed by atoms with Crippen molar-refractivity contribution in [3.8, 4) is 11.3 Å². The number of aromatic carboxylic acids is 1. The van der Waals surface area contributed by atoms with Crippen LogP contribution >= 0.6 is 11.3 Å². The highest BCUT2D eigenvalue weighted by molar-refractivity contribution is 7.07. The van der Waals surface area contributed by atoms with Crippen molar-refractivity contribution in [1.29, 1.82) is 0 Å². The van der Waals surface area contributed by atoms with E-state index in [2.05, 4.69) is 4.99 Å². The molecule has 36 heavy (non-hydrogen) atoms. The van der Waals surface area contributed by atoms with Crippen molar-refractivity contribution in [2.75, 3.05) is 7.11 Å². The molecule has 0 fully saturated rings. The second-order valence-electron chi connectivity index (χ2n) is 8.04. The average molecular weight is 501 g/mol. The number of hydrogen-bond donors (Lipinski definition) is 1. The second-order valence-corrected chi connectivity index (χ2v) is 9.05. The SMILES string of the molecule is COC(=O)C1=C(C)N=c2s/c(=C\c3ccc(-c4ccccc4C(=O)O)o3)c(=O)n2[C@@H]1c1ccccc1. The first kappa shape index (κ1) is 23.3. The van der Waals surface area contributed by atoms with Gasteiger partial charge >= 0.3 is 11.9 Å². The first-order chi connectivity index (χ1) is 17.4. The first-order valence-electron chi connectivity index (χ1n) is 11.0. The number of allylic oxidation sites excluding steroid dienone is 1. The van der Waals surface area contributed by atoms with Crippen LogP contribution < -0.4 is 14.9 Å². The Balaban J connectivity index is 1.64. The monoisotopic (exact) mass is 500 g/mol. The molecule has 2 aromatic carbocycles. The molecule has 3 heterocycles. The minimum absolute atomic E-state index is 0.117. The molecule has 2 aromatic heterocycles. The van der Waals surface area contributed by atoms with Crippen LogP contribution in [0.3, 0.4) is 0 Å². The first-order valence-corrected chi connectivity index (χ1v) is 11.8. The fourth-order valence-corrected chi connectivity index (χ4v) is 5.26. The van der Waals surface area contributed by atoms with Gasteiger partial charge in [0.15, 0.2) is 4.80 Å². The number of carboxylic acids is 1. The minimum Gasteiger partial charge on any atom is -0.478 e. The van der Waals surface area contributed by atoms with E-state index in [1.165, 1.54) is 29.1 Å². The predicted octanol–water partition coefficient (Wildman–Crippen LogP) is 3.37. The molecule has 8 nitrogen and oxygen atoms in total. The summed E-state index contributed by atoms with van der Waals surface area (Å²) in [4.78, 5) is 42.8. The average Bonchev–Trinajstić information content (AvgIpc) is 3.47. The number of carbonyl (C=O) groups is 2. The van der Waals surface area contributed by atoms with Gasteiger partial charge in [0.2, 0.25) is 0 Å². The molecule has 0 saturated heterocycles. The second kappa shape index (κ2) is 9.27. The van der Waals surface area contributed by atoms with Gasteiger partial charge in [-0.05, 0) is 30.7 Å². The van der Waals surface area contributed by atoms with Crippen molar-refractivity contribution < 1.29 is 23.8 Å². The standard InChI is InChI=1S/C27H20N2O6S/c1-15-22(26(33)34-2)23(16-8-4-3-5-9-16)29-24(30)21(36-27(29)28-15)14-17-12-13-20(35-17)18-10-6-7-11-19(18)25(31)32/h3-14,23H,1-2H3,(H,31,32)/b21-14-/t23-/m1/s1. The van der Waals surface area contributed by atoms with E-state index in [4.69, 9.17) is 9.15 Å². The Bertz CT molecular complexity index is 1710. The number of nitrogens with zero attached hydrogens (tertiary/aromatic N) is 2. The van der Waals surface area contributed by atoms with Crippen molar-refractivity contribution in [2.45, 2.75) is 13.0 Å². The normalized spacial score (nSPS) is 15.4. The maximum Gasteiger partial charge on any atom is 0.338 e. The molecule has 180 valence electrons. The van der Waals surface area contributed by atoms with Crippen LogP contribution in [0.5, 0.6) is 0 Å². The molecule has 0 spiro atoms. The highest BCUT2D eigenvalue weighted by Gasteiger charge is 2.32. The molecule has 1 aliphatic rings. The largest absolute Gasteiger partial charge is 0.478 e. The van der Waals surface area contributed by atoms with Gasteiger partial charge in [-0.25, -0.2) is 14.6 Å². The Hall–Kier alpha value is -4.50. The molecule has 1 N–H and O–H groups in total. The van der Waals surface area contributed by atoms with Gasteiger partial charge in [-0.2, -0.15) is 0 Å². The Morgan fingerprint density at radius 3 is 2.53 bits per heavy atom. The Morgan fingerprint density at radius 1 is 1.08 bits per heavy atom. The van der Waals surface area contributed by atoms with E-state index in [0.29, 0.717) is 37.7 Å². The van der Waals surface area contributed by atoms with E-state index in [1.807, 2.05) is 30.3 Å². The Morgan fingerprint density at radius 2 is 1.81 bits per heavy atom. The van der Waals surface area contributed by atoms with Gasteiger partial charge in [0.25, 0.3) is 5.56 Å². The Kier molecular flexibility index (Phi) is 5.99. The van der Waals surface area contributed by atoms with Crippen molar-refractivity contribution in [2.24, 2.45) is 4.99 Å². The molecule has 9 heteroatoms. The van der Waals surface area contributed by atoms with E-state index >= 15 is 0 Å². The summed E-state index contributed by atoms with van der Waals surface area (Å²) in [6.45, 7) is 1.72. The van der Waals surface area contributed by atoms with E-state index in [1.54, 1.807) is 43.3 Å². The number of hydrogen-bond acceptors (Lipinski definition) is 7. The van der Waals surface area contributed by atoms with E-state index in [-0.39, 0.29) is 11.1 Å². The van der Waals surface area contributed by atoms with Gasteiger partial charge in [0.1, 0.15) is 11.5 Å². The van der Waals surface area contributed by atoms with Crippen molar-refractivity contribution in [1.82, 2.24) is 4.57 Å². The lowest BCUT2D eigenvalue weighted by Crippen LogP contribution is -2.39. The van der Waals surface area contributed by atoms with E-state index < -0.39 is 18.0 Å². The van der Waals surface area contributed by atoms with Crippen LogP contribution in [0.1, 0.15) is 34.6 Å². The lowest BCUT2D eigenvalue weighted by molar-refractivity contribution is -0.136. The third-order valence-corrected chi connectivity index (χ3v) is 6.85. The zero-order valence-electron chi connectivity index (χ0n) is 19.3. The zero-order valence-corrected chi connectivity index (χ0v) is 20.1. The van der Waals surface area contributed by atoms with Gasteiger partial charge in [0, 0.05) is 11.6 Å². The van der Waals surface area contributed by atoms with Crippen LogP contribution in [0.2, 0.25) is 0 Å². The van der Waals surface area contributed by atoms with Crippen molar-refractivity contribution >= 4 is 29.4 Å². The molecule has 0 saturated carbocycles. The predicted molar refractivity (Wildman–Crippen MR) is 133 cm³/mol. The summed E-state index contributed by atoms with van der Waals surface area (Å²) >= 11 is 1.18. The van der Waals surface area contributed by atoms with Crippen LogP contribution in [-0.4, -0.2) is 28.7 Å². The number of fused-ring (bicyclic) bond motifs is 1. The summed E-state index contributed by atoms with van der Waals surface area (Å²) in [6, 6.07) is 18.4. The molecule has 0 aliphatic carbocycles. The molecule has 5 rings (SSSR count). The number of rotatable bonds is 5. The maximum atomic E-state index is 13.6. The van der Waals surface area contributed by atoms with Crippen molar-refractivity contribution in [3.63, 3.8) is 0 Å². The number of furan rings is 1.